The van der Waals surface area contributed by atoms with E-state index in [0.29, 0.717) is 22.7 Å². The van der Waals surface area contributed by atoms with Gasteiger partial charge in [-0.15, -0.1) is 0 Å². The lowest BCUT2D eigenvalue weighted by Crippen LogP contribution is -2.36. The predicted molar refractivity (Wildman–Crippen MR) is 96.6 cm³/mol. The van der Waals surface area contributed by atoms with Gasteiger partial charge in [0.25, 0.3) is 10.0 Å². The first-order valence-electron chi connectivity index (χ1n) is 8.03. The Kier molecular flexibility index (Phi) is 4.97. The van der Waals surface area contributed by atoms with Crippen LogP contribution in [0, 0.1) is 0 Å². The molecule has 2 aromatic rings. The van der Waals surface area contributed by atoms with Gasteiger partial charge in [-0.25, -0.2) is 8.42 Å². The van der Waals surface area contributed by atoms with Crippen LogP contribution >= 0.6 is 0 Å². The molecule has 1 aliphatic rings. The molecule has 26 heavy (non-hydrogen) atoms. The number of benzene rings is 2. The van der Waals surface area contributed by atoms with E-state index in [-0.39, 0.29) is 23.6 Å². The van der Waals surface area contributed by atoms with Crippen molar-refractivity contribution >= 4 is 15.7 Å². The summed E-state index contributed by atoms with van der Waals surface area (Å²) in [5.74, 6) is 1.26. The summed E-state index contributed by atoms with van der Waals surface area (Å²) in [7, 11) is 0.544. The quantitative estimate of drug-likeness (QED) is 0.858. The van der Waals surface area contributed by atoms with E-state index in [2.05, 4.69) is 0 Å². The summed E-state index contributed by atoms with van der Waals surface area (Å²) < 4.78 is 43.4. The van der Waals surface area contributed by atoms with E-state index in [1.54, 1.807) is 24.3 Å². The Morgan fingerprint density at radius 3 is 2.31 bits per heavy atom. The standard InChI is InChI=1S/C18H21NO6S/c1-23-12-4-6-15-14(10-12)16(20)8-9-19(15)26(21,22)18-7-5-13(24-2)11-17(18)25-3/h4-7,10-11,16,20H,8-9H2,1-3H3. The minimum atomic E-state index is -3.89. The molecule has 0 bridgehead atoms. The Bertz CT molecular complexity index is 912. The van der Waals surface area contributed by atoms with Gasteiger partial charge in [-0.05, 0) is 36.8 Å². The minimum absolute atomic E-state index is 0.0407. The highest BCUT2D eigenvalue weighted by Crippen LogP contribution is 2.40. The van der Waals surface area contributed by atoms with Crippen LogP contribution in [-0.4, -0.2) is 41.4 Å². The summed E-state index contributed by atoms with van der Waals surface area (Å²) in [6.45, 7) is 0.165. The van der Waals surface area contributed by atoms with Crippen LogP contribution in [0.1, 0.15) is 18.1 Å². The highest BCUT2D eigenvalue weighted by Gasteiger charge is 2.34. The molecule has 0 saturated carbocycles. The number of anilines is 1. The molecule has 3 rings (SSSR count). The number of ether oxygens (including phenoxy) is 3. The molecular formula is C18H21NO6S. The Labute approximate surface area is 152 Å². The van der Waals surface area contributed by atoms with E-state index < -0.39 is 16.1 Å². The van der Waals surface area contributed by atoms with Crippen molar-refractivity contribution in [3.05, 3.63) is 42.0 Å². The number of aliphatic hydroxyl groups is 1. The third-order valence-corrected chi connectivity index (χ3v) is 6.26. The lowest BCUT2D eigenvalue weighted by Gasteiger charge is -2.33. The van der Waals surface area contributed by atoms with Gasteiger partial charge >= 0.3 is 0 Å². The molecule has 1 aliphatic heterocycles. The Morgan fingerprint density at radius 2 is 1.65 bits per heavy atom. The average molecular weight is 379 g/mol. The summed E-state index contributed by atoms with van der Waals surface area (Å²) in [6, 6.07) is 9.53. The molecule has 2 aromatic carbocycles. The number of methoxy groups -OCH3 is 3. The smallest absolute Gasteiger partial charge is 0.268 e. The van der Waals surface area contributed by atoms with Gasteiger partial charge < -0.3 is 19.3 Å². The Hall–Kier alpha value is -2.45. The number of hydrogen-bond donors (Lipinski definition) is 1. The molecular weight excluding hydrogens is 358 g/mol. The van der Waals surface area contributed by atoms with Crippen molar-refractivity contribution in [1.82, 2.24) is 0 Å². The third kappa shape index (κ3) is 3.06. The van der Waals surface area contributed by atoms with Gasteiger partial charge in [-0.2, -0.15) is 0 Å². The minimum Gasteiger partial charge on any atom is -0.497 e. The number of hydrogen-bond acceptors (Lipinski definition) is 6. The van der Waals surface area contributed by atoms with E-state index in [1.807, 2.05) is 0 Å². The van der Waals surface area contributed by atoms with Crippen molar-refractivity contribution in [1.29, 1.82) is 0 Å². The molecule has 8 heteroatoms. The molecule has 0 fully saturated rings. The second-order valence-corrected chi connectivity index (χ2v) is 7.65. The van der Waals surface area contributed by atoms with Crippen molar-refractivity contribution < 1.29 is 27.7 Å². The van der Waals surface area contributed by atoms with E-state index in [4.69, 9.17) is 14.2 Å². The molecule has 1 heterocycles. The number of aliphatic hydroxyl groups excluding tert-OH is 1. The second-order valence-electron chi connectivity index (χ2n) is 5.82. The van der Waals surface area contributed by atoms with Crippen molar-refractivity contribution in [2.45, 2.75) is 17.4 Å². The lowest BCUT2D eigenvalue weighted by atomic mass is 10.0. The first-order chi connectivity index (χ1) is 12.4. The van der Waals surface area contributed by atoms with Crippen LogP contribution in [-0.2, 0) is 10.0 Å². The van der Waals surface area contributed by atoms with E-state index in [9.17, 15) is 13.5 Å². The van der Waals surface area contributed by atoms with Crippen LogP contribution in [0.15, 0.2) is 41.3 Å². The highest BCUT2D eigenvalue weighted by atomic mass is 32.2. The van der Waals surface area contributed by atoms with Gasteiger partial charge in [0.2, 0.25) is 0 Å². The zero-order chi connectivity index (χ0) is 18.9. The fraction of sp³-hybridized carbons (Fsp3) is 0.333. The summed E-state index contributed by atoms with van der Waals surface area (Å²) in [5, 5.41) is 10.3. The van der Waals surface area contributed by atoms with E-state index in [1.165, 1.54) is 37.8 Å². The summed E-state index contributed by atoms with van der Waals surface area (Å²) in [6.07, 6.45) is -0.456. The maximum atomic E-state index is 13.3. The van der Waals surface area contributed by atoms with E-state index >= 15 is 0 Å². The molecule has 0 spiro atoms. The first-order valence-corrected chi connectivity index (χ1v) is 9.47. The Morgan fingerprint density at radius 1 is 1.00 bits per heavy atom. The lowest BCUT2D eigenvalue weighted by molar-refractivity contribution is 0.166. The summed E-state index contributed by atoms with van der Waals surface area (Å²) in [4.78, 5) is 0.0407. The van der Waals surface area contributed by atoms with E-state index in [0.717, 1.165) is 0 Å². The summed E-state index contributed by atoms with van der Waals surface area (Å²) >= 11 is 0. The molecule has 0 aromatic heterocycles. The van der Waals surface area contributed by atoms with Gasteiger partial charge in [0.15, 0.2) is 0 Å². The predicted octanol–water partition coefficient (Wildman–Crippen LogP) is 2.34. The van der Waals surface area contributed by atoms with Crippen molar-refractivity contribution in [3.8, 4) is 17.2 Å². The topological polar surface area (TPSA) is 85.3 Å². The normalized spacial score (nSPS) is 16.8. The number of sulfonamides is 1. The largest absolute Gasteiger partial charge is 0.497 e. The maximum absolute atomic E-state index is 13.3. The Balaban J connectivity index is 2.11. The molecule has 0 amide bonds. The van der Waals surface area contributed by atoms with Crippen LogP contribution in [0.25, 0.3) is 0 Å². The van der Waals surface area contributed by atoms with Crippen LogP contribution in [0.3, 0.4) is 0 Å². The molecule has 0 saturated heterocycles. The zero-order valence-corrected chi connectivity index (χ0v) is 15.6. The number of rotatable bonds is 5. The van der Waals surface area contributed by atoms with Gasteiger partial charge in [0.05, 0.1) is 33.1 Å². The molecule has 7 nitrogen and oxygen atoms in total. The molecule has 1 atom stereocenters. The van der Waals surface area contributed by atoms with Crippen molar-refractivity contribution in [2.75, 3.05) is 32.2 Å². The third-order valence-electron chi connectivity index (χ3n) is 4.41. The fourth-order valence-electron chi connectivity index (χ4n) is 3.03. The van der Waals surface area contributed by atoms with Crippen molar-refractivity contribution in [2.24, 2.45) is 0 Å². The highest BCUT2D eigenvalue weighted by molar-refractivity contribution is 7.93. The van der Waals surface area contributed by atoms with Gasteiger partial charge in [0.1, 0.15) is 22.1 Å². The first kappa shape index (κ1) is 18.3. The zero-order valence-electron chi connectivity index (χ0n) is 14.8. The monoisotopic (exact) mass is 379 g/mol. The molecule has 1 N–H and O–H groups in total. The summed E-state index contributed by atoms with van der Waals surface area (Å²) in [5.41, 5.74) is 0.953. The number of fused-ring (bicyclic) bond motifs is 1. The molecule has 1 unspecified atom stereocenters. The van der Waals surface area contributed by atoms with Crippen molar-refractivity contribution in [3.63, 3.8) is 0 Å². The maximum Gasteiger partial charge on any atom is 0.268 e. The average Bonchev–Trinajstić information content (AvgIpc) is 2.67. The SMILES string of the molecule is COc1ccc(S(=O)(=O)N2CCC(O)c3cc(OC)ccc32)c(OC)c1. The molecule has 0 radical (unpaired) electrons. The van der Waals surface area contributed by atoms with Crippen LogP contribution in [0.2, 0.25) is 0 Å². The second kappa shape index (κ2) is 7.05. The van der Waals surface area contributed by atoms with Crippen LogP contribution < -0.4 is 18.5 Å². The van der Waals surface area contributed by atoms with Crippen LogP contribution in [0.4, 0.5) is 5.69 Å². The molecule has 140 valence electrons. The van der Waals surface area contributed by atoms with Gasteiger partial charge in [-0.3, -0.25) is 4.31 Å². The van der Waals surface area contributed by atoms with Gasteiger partial charge in [-0.1, -0.05) is 0 Å². The van der Waals surface area contributed by atoms with Crippen LogP contribution in [0.5, 0.6) is 17.2 Å². The molecule has 0 aliphatic carbocycles. The van der Waals surface area contributed by atoms with Gasteiger partial charge in [0, 0.05) is 18.2 Å². The fourth-order valence-corrected chi connectivity index (χ4v) is 4.67. The number of nitrogens with zero attached hydrogens (tertiary/aromatic N) is 1.